The molecule has 1 saturated carbocycles. The molecule has 1 aliphatic carbocycles. The Bertz CT molecular complexity index is 379. The molecule has 2 rings (SSSR count). The molecule has 16 heavy (non-hydrogen) atoms. The Balaban J connectivity index is 2.26. The largest absolute Gasteiger partial charge is 0.476 e. The van der Waals surface area contributed by atoms with Gasteiger partial charge in [-0.1, -0.05) is 25.7 Å². The van der Waals surface area contributed by atoms with Gasteiger partial charge in [0.2, 0.25) is 0 Å². The maximum absolute atomic E-state index is 11.0. The topological polar surface area (TPSA) is 92.0 Å². The number of hydrogen-bond donors (Lipinski definition) is 3. The highest BCUT2D eigenvalue weighted by molar-refractivity contribution is 5.87. The number of aromatic amines is 1. The number of carbonyl (C=O) groups is 1. The normalized spacial score (nSPS) is 18.2. The number of nitrogen functional groups attached to an aromatic ring is 1. The van der Waals surface area contributed by atoms with Gasteiger partial charge in [-0.15, -0.1) is 0 Å². The van der Waals surface area contributed by atoms with Crippen LogP contribution in [0.1, 0.15) is 60.6 Å². The highest BCUT2D eigenvalue weighted by Gasteiger charge is 2.24. The zero-order chi connectivity index (χ0) is 11.5. The standard InChI is InChI=1S/C11H17N3O2/c12-11-13-8(9(14-11)10(15)16)7-5-3-1-2-4-6-7/h7H,1-6H2,(H,15,16)(H3,12,13,14). The fourth-order valence-corrected chi connectivity index (χ4v) is 2.43. The summed E-state index contributed by atoms with van der Waals surface area (Å²) in [6.45, 7) is 0. The van der Waals surface area contributed by atoms with E-state index in [-0.39, 0.29) is 17.6 Å². The Labute approximate surface area is 94.1 Å². The van der Waals surface area contributed by atoms with Crippen molar-refractivity contribution < 1.29 is 9.90 Å². The quantitative estimate of drug-likeness (QED) is 0.669. The number of rotatable bonds is 2. The molecule has 1 fully saturated rings. The lowest BCUT2D eigenvalue weighted by molar-refractivity contribution is 0.0689. The highest BCUT2D eigenvalue weighted by atomic mass is 16.4. The van der Waals surface area contributed by atoms with Crippen LogP contribution in [0.25, 0.3) is 0 Å². The van der Waals surface area contributed by atoms with Gasteiger partial charge in [0.1, 0.15) is 0 Å². The van der Waals surface area contributed by atoms with Gasteiger partial charge < -0.3 is 15.8 Å². The summed E-state index contributed by atoms with van der Waals surface area (Å²) in [4.78, 5) is 17.8. The number of anilines is 1. The molecule has 0 amide bonds. The average Bonchev–Trinajstić information content (AvgIpc) is 2.49. The van der Waals surface area contributed by atoms with Gasteiger partial charge in [-0.25, -0.2) is 9.78 Å². The minimum atomic E-state index is -0.993. The smallest absolute Gasteiger partial charge is 0.356 e. The lowest BCUT2D eigenvalue weighted by atomic mass is 9.95. The van der Waals surface area contributed by atoms with Crippen molar-refractivity contribution in [1.82, 2.24) is 9.97 Å². The third-order valence-corrected chi connectivity index (χ3v) is 3.22. The van der Waals surface area contributed by atoms with Crippen LogP contribution in [0.2, 0.25) is 0 Å². The van der Waals surface area contributed by atoms with E-state index in [4.69, 9.17) is 10.8 Å². The fourth-order valence-electron chi connectivity index (χ4n) is 2.43. The summed E-state index contributed by atoms with van der Waals surface area (Å²) in [5.74, 6) is -0.512. The van der Waals surface area contributed by atoms with Crippen LogP contribution in [0.3, 0.4) is 0 Å². The molecule has 1 heterocycles. The number of nitrogens with two attached hydrogens (primary N) is 1. The van der Waals surface area contributed by atoms with E-state index in [1.54, 1.807) is 0 Å². The monoisotopic (exact) mass is 223 g/mol. The van der Waals surface area contributed by atoms with Gasteiger partial charge in [-0.3, -0.25) is 0 Å². The predicted octanol–water partition coefficient (Wildman–Crippen LogP) is 2.13. The second-order valence-electron chi connectivity index (χ2n) is 4.38. The van der Waals surface area contributed by atoms with Crippen molar-refractivity contribution in [3.05, 3.63) is 11.4 Å². The van der Waals surface area contributed by atoms with E-state index in [1.165, 1.54) is 12.8 Å². The number of nitrogens with one attached hydrogen (secondary N) is 1. The molecule has 1 aromatic heterocycles. The Morgan fingerprint density at radius 3 is 2.50 bits per heavy atom. The lowest BCUT2D eigenvalue weighted by Gasteiger charge is -2.12. The van der Waals surface area contributed by atoms with Crippen molar-refractivity contribution in [2.45, 2.75) is 44.4 Å². The van der Waals surface area contributed by atoms with E-state index in [9.17, 15) is 4.79 Å². The second-order valence-corrected chi connectivity index (χ2v) is 4.38. The maximum atomic E-state index is 11.0. The summed E-state index contributed by atoms with van der Waals surface area (Å²) in [5, 5.41) is 9.04. The van der Waals surface area contributed by atoms with Crippen molar-refractivity contribution in [2.75, 3.05) is 5.73 Å². The number of carboxylic acids is 1. The van der Waals surface area contributed by atoms with Gasteiger partial charge in [-0.05, 0) is 12.8 Å². The number of nitrogens with zero attached hydrogens (tertiary/aromatic N) is 1. The van der Waals surface area contributed by atoms with Gasteiger partial charge in [0.05, 0.1) is 5.69 Å². The Morgan fingerprint density at radius 1 is 1.31 bits per heavy atom. The third kappa shape index (κ3) is 2.18. The average molecular weight is 223 g/mol. The molecular formula is C11H17N3O2. The first-order chi connectivity index (χ1) is 7.68. The van der Waals surface area contributed by atoms with Gasteiger partial charge in [0.15, 0.2) is 11.6 Å². The van der Waals surface area contributed by atoms with Crippen LogP contribution in [0.15, 0.2) is 0 Å². The Hall–Kier alpha value is -1.52. The summed E-state index contributed by atoms with van der Waals surface area (Å²) in [5.41, 5.74) is 6.35. The summed E-state index contributed by atoms with van der Waals surface area (Å²) >= 11 is 0. The molecule has 0 atom stereocenters. The SMILES string of the molecule is Nc1nc(C(=O)O)c(C2CCCCCC2)[nH]1. The Morgan fingerprint density at radius 2 is 1.94 bits per heavy atom. The minimum Gasteiger partial charge on any atom is -0.476 e. The molecule has 0 radical (unpaired) electrons. The van der Waals surface area contributed by atoms with Crippen LogP contribution < -0.4 is 5.73 Å². The summed E-state index contributed by atoms with van der Waals surface area (Å²) in [6, 6.07) is 0. The maximum Gasteiger partial charge on any atom is 0.356 e. The van der Waals surface area contributed by atoms with Crippen molar-refractivity contribution in [3.8, 4) is 0 Å². The van der Waals surface area contributed by atoms with Gasteiger partial charge >= 0.3 is 5.97 Å². The molecule has 1 aliphatic rings. The van der Waals surface area contributed by atoms with Gasteiger partial charge in [-0.2, -0.15) is 0 Å². The van der Waals surface area contributed by atoms with Crippen LogP contribution in [-0.2, 0) is 0 Å². The molecule has 0 aromatic carbocycles. The van der Waals surface area contributed by atoms with Gasteiger partial charge in [0.25, 0.3) is 0 Å². The van der Waals surface area contributed by atoms with Crippen molar-refractivity contribution in [3.63, 3.8) is 0 Å². The molecule has 0 spiro atoms. The molecule has 0 aliphatic heterocycles. The van der Waals surface area contributed by atoms with E-state index in [1.807, 2.05) is 0 Å². The van der Waals surface area contributed by atoms with Crippen LogP contribution in [0, 0.1) is 0 Å². The van der Waals surface area contributed by atoms with Gasteiger partial charge in [0, 0.05) is 5.92 Å². The zero-order valence-electron chi connectivity index (χ0n) is 9.20. The Kier molecular flexibility index (Phi) is 3.12. The molecule has 88 valence electrons. The number of carboxylic acid groups (broad SMARTS) is 1. The molecule has 5 heteroatoms. The fraction of sp³-hybridized carbons (Fsp3) is 0.636. The summed E-state index contributed by atoms with van der Waals surface area (Å²) in [6.07, 6.45) is 6.85. The first-order valence-corrected chi connectivity index (χ1v) is 5.77. The second kappa shape index (κ2) is 4.55. The molecule has 0 bridgehead atoms. The number of aromatic nitrogens is 2. The molecule has 0 saturated heterocycles. The number of hydrogen-bond acceptors (Lipinski definition) is 3. The van der Waals surface area contributed by atoms with Crippen LogP contribution in [0.5, 0.6) is 0 Å². The summed E-state index contributed by atoms with van der Waals surface area (Å²) < 4.78 is 0. The van der Waals surface area contributed by atoms with Crippen molar-refractivity contribution >= 4 is 11.9 Å². The molecule has 5 nitrogen and oxygen atoms in total. The van der Waals surface area contributed by atoms with Crippen molar-refractivity contribution in [1.29, 1.82) is 0 Å². The zero-order valence-corrected chi connectivity index (χ0v) is 9.20. The minimum absolute atomic E-state index is 0.101. The number of H-pyrrole nitrogens is 1. The predicted molar refractivity (Wildman–Crippen MR) is 60.4 cm³/mol. The van der Waals surface area contributed by atoms with Crippen LogP contribution in [0.4, 0.5) is 5.95 Å². The summed E-state index contributed by atoms with van der Waals surface area (Å²) in [7, 11) is 0. The number of aromatic carboxylic acids is 1. The van der Waals surface area contributed by atoms with Crippen LogP contribution >= 0.6 is 0 Å². The molecule has 4 N–H and O–H groups in total. The first-order valence-electron chi connectivity index (χ1n) is 5.77. The van der Waals surface area contributed by atoms with E-state index >= 15 is 0 Å². The highest BCUT2D eigenvalue weighted by Crippen LogP contribution is 2.32. The van der Waals surface area contributed by atoms with E-state index in [0.717, 1.165) is 25.7 Å². The van der Waals surface area contributed by atoms with E-state index in [2.05, 4.69) is 9.97 Å². The molecular weight excluding hydrogens is 206 g/mol. The molecule has 0 unspecified atom stereocenters. The van der Waals surface area contributed by atoms with E-state index in [0.29, 0.717) is 5.69 Å². The van der Waals surface area contributed by atoms with Crippen LogP contribution in [-0.4, -0.2) is 21.0 Å². The molecule has 1 aromatic rings. The third-order valence-electron chi connectivity index (χ3n) is 3.22. The lowest BCUT2D eigenvalue weighted by Crippen LogP contribution is -2.07. The van der Waals surface area contributed by atoms with E-state index < -0.39 is 5.97 Å². The van der Waals surface area contributed by atoms with Crippen molar-refractivity contribution in [2.24, 2.45) is 0 Å². The number of imidazole rings is 1. The first kappa shape index (κ1) is 11.0.